The molecular formula is C13H13NO4. The maximum absolute atomic E-state index is 11.8. The highest BCUT2D eigenvalue weighted by Crippen LogP contribution is 2.19. The summed E-state index contributed by atoms with van der Waals surface area (Å²) in [6, 6.07) is 6.73. The van der Waals surface area contributed by atoms with E-state index in [1.165, 1.54) is 6.92 Å². The monoisotopic (exact) mass is 247 g/mol. The van der Waals surface area contributed by atoms with Crippen LogP contribution in [-0.4, -0.2) is 23.8 Å². The molecule has 94 valence electrons. The van der Waals surface area contributed by atoms with E-state index in [1.54, 1.807) is 24.3 Å². The van der Waals surface area contributed by atoms with Gasteiger partial charge < -0.3 is 10.1 Å². The van der Waals surface area contributed by atoms with Crippen LogP contribution in [0.1, 0.15) is 30.1 Å². The lowest BCUT2D eigenvalue weighted by atomic mass is 10.1. The zero-order chi connectivity index (χ0) is 13.1. The zero-order valence-electron chi connectivity index (χ0n) is 9.93. The molecule has 1 saturated heterocycles. The van der Waals surface area contributed by atoms with E-state index in [2.05, 4.69) is 5.32 Å². The second-order valence-electron chi connectivity index (χ2n) is 4.11. The second kappa shape index (κ2) is 5.00. The van der Waals surface area contributed by atoms with Crippen molar-refractivity contribution in [3.8, 4) is 0 Å². The van der Waals surface area contributed by atoms with E-state index in [4.69, 9.17) is 4.74 Å². The van der Waals surface area contributed by atoms with Gasteiger partial charge in [-0.15, -0.1) is 0 Å². The van der Waals surface area contributed by atoms with Crippen molar-refractivity contribution in [2.24, 2.45) is 0 Å². The smallest absolute Gasteiger partial charge is 0.306 e. The summed E-state index contributed by atoms with van der Waals surface area (Å²) < 4.78 is 4.86. The molecule has 5 nitrogen and oxygen atoms in total. The molecule has 1 aromatic rings. The number of benzene rings is 1. The molecule has 18 heavy (non-hydrogen) atoms. The summed E-state index contributed by atoms with van der Waals surface area (Å²) in [5, 5.41) is 2.62. The van der Waals surface area contributed by atoms with Crippen molar-refractivity contribution in [2.45, 2.75) is 25.9 Å². The number of nitrogens with one attached hydrogen (secondary N) is 1. The molecule has 1 amide bonds. The summed E-state index contributed by atoms with van der Waals surface area (Å²) in [6.07, 6.45) is -0.114. The van der Waals surface area contributed by atoms with Crippen LogP contribution in [-0.2, 0) is 14.3 Å². The maximum atomic E-state index is 11.8. The number of rotatable bonds is 3. The molecule has 1 aromatic carbocycles. The number of anilines is 1. The molecule has 1 unspecified atom stereocenters. The standard InChI is InChI=1S/C13H13NO4/c1-8(15)9-4-2-3-5-10(9)14-13(17)11-6-7-12(16)18-11/h2-5,11H,6-7H2,1H3,(H,14,17). The summed E-state index contributed by atoms with van der Waals surface area (Å²) >= 11 is 0. The molecule has 0 aliphatic carbocycles. The van der Waals surface area contributed by atoms with Gasteiger partial charge in [0.25, 0.3) is 5.91 Å². The van der Waals surface area contributed by atoms with Crippen LogP contribution >= 0.6 is 0 Å². The molecule has 0 spiro atoms. The fourth-order valence-corrected chi connectivity index (χ4v) is 1.82. The highest BCUT2D eigenvalue weighted by atomic mass is 16.6. The van der Waals surface area contributed by atoms with Gasteiger partial charge in [-0.2, -0.15) is 0 Å². The summed E-state index contributed by atoms with van der Waals surface area (Å²) in [4.78, 5) is 34.1. The Bertz CT molecular complexity index is 509. The van der Waals surface area contributed by atoms with Crippen LogP contribution in [0.5, 0.6) is 0 Å². The Labute approximate surface area is 104 Å². The van der Waals surface area contributed by atoms with Gasteiger partial charge in [-0.1, -0.05) is 12.1 Å². The average Bonchev–Trinajstić information content (AvgIpc) is 2.76. The fraction of sp³-hybridized carbons (Fsp3) is 0.308. The minimum Gasteiger partial charge on any atom is -0.452 e. The molecule has 1 N–H and O–H groups in total. The molecule has 0 saturated carbocycles. The molecular weight excluding hydrogens is 234 g/mol. The maximum Gasteiger partial charge on any atom is 0.306 e. The molecule has 0 radical (unpaired) electrons. The second-order valence-corrected chi connectivity index (χ2v) is 4.11. The van der Waals surface area contributed by atoms with Gasteiger partial charge in [0.05, 0.1) is 5.69 Å². The third-order valence-electron chi connectivity index (χ3n) is 2.74. The minimum atomic E-state index is -0.752. The van der Waals surface area contributed by atoms with E-state index in [0.29, 0.717) is 17.7 Å². The van der Waals surface area contributed by atoms with E-state index in [9.17, 15) is 14.4 Å². The van der Waals surface area contributed by atoms with Crippen molar-refractivity contribution in [1.29, 1.82) is 0 Å². The number of carbonyl (C=O) groups excluding carboxylic acids is 3. The van der Waals surface area contributed by atoms with E-state index < -0.39 is 12.0 Å². The highest BCUT2D eigenvalue weighted by Gasteiger charge is 2.30. The quantitative estimate of drug-likeness (QED) is 0.649. The SMILES string of the molecule is CC(=O)c1ccccc1NC(=O)C1CCC(=O)O1. The molecule has 1 fully saturated rings. The van der Waals surface area contributed by atoms with Crippen LogP contribution in [0, 0.1) is 0 Å². The van der Waals surface area contributed by atoms with E-state index in [-0.39, 0.29) is 18.2 Å². The van der Waals surface area contributed by atoms with E-state index in [1.807, 2.05) is 0 Å². The predicted octanol–water partition coefficient (Wildman–Crippen LogP) is 1.53. The van der Waals surface area contributed by atoms with Crippen LogP contribution < -0.4 is 5.32 Å². The number of esters is 1. The first-order valence-corrected chi connectivity index (χ1v) is 5.68. The Kier molecular flexibility index (Phi) is 3.41. The average molecular weight is 247 g/mol. The van der Waals surface area contributed by atoms with Crippen molar-refractivity contribution in [3.05, 3.63) is 29.8 Å². The number of hydrogen-bond acceptors (Lipinski definition) is 4. The molecule has 5 heteroatoms. The van der Waals surface area contributed by atoms with Gasteiger partial charge in [0.1, 0.15) is 0 Å². The summed E-state index contributed by atoms with van der Waals surface area (Å²) in [5.74, 6) is -0.890. The minimum absolute atomic E-state index is 0.130. The number of cyclic esters (lactones) is 1. The van der Waals surface area contributed by atoms with Crippen LogP contribution in [0.3, 0.4) is 0 Å². The fourth-order valence-electron chi connectivity index (χ4n) is 1.82. The van der Waals surface area contributed by atoms with Gasteiger partial charge in [0.15, 0.2) is 11.9 Å². The van der Waals surface area contributed by atoms with Crippen molar-refractivity contribution in [1.82, 2.24) is 0 Å². The predicted molar refractivity (Wildman–Crippen MR) is 64.2 cm³/mol. The molecule has 0 bridgehead atoms. The van der Waals surface area contributed by atoms with Crippen molar-refractivity contribution >= 4 is 23.3 Å². The van der Waals surface area contributed by atoms with Crippen molar-refractivity contribution in [3.63, 3.8) is 0 Å². The van der Waals surface area contributed by atoms with Gasteiger partial charge in [0.2, 0.25) is 0 Å². The molecule has 1 aliphatic heterocycles. The van der Waals surface area contributed by atoms with Crippen LogP contribution in [0.4, 0.5) is 5.69 Å². The van der Waals surface area contributed by atoms with Crippen molar-refractivity contribution in [2.75, 3.05) is 5.32 Å². The van der Waals surface area contributed by atoms with Crippen molar-refractivity contribution < 1.29 is 19.1 Å². The Morgan fingerprint density at radius 1 is 1.33 bits per heavy atom. The van der Waals surface area contributed by atoms with Crippen LogP contribution in [0.25, 0.3) is 0 Å². The highest BCUT2D eigenvalue weighted by molar-refractivity contribution is 6.05. The third kappa shape index (κ3) is 2.56. The number of amides is 1. The normalized spacial score (nSPS) is 18.3. The molecule has 1 aliphatic rings. The Morgan fingerprint density at radius 3 is 2.67 bits per heavy atom. The van der Waals surface area contributed by atoms with Gasteiger partial charge in [0, 0.05) is 18.4 Å². The first-order chi connectivity index (χ1) is 8.58. The summed E-state index contributed by atoms with van der Waals surface area (Å²) in [6.45, 7) is 1.43. The number of hydrogen-bond donors (Lipinski definition) is 1. The lowest BCUT2D eigenvalue weighted by Gasteiger charge is -2.12. The number of ketones is 1. The Balaban J connectivity index is 2.12. The summed E-state index contributed by atoms with van der Waals surface area (Å²) in [7, 11) is 0. The van der Waals surface area contributed by atoms with Gasteiger partial charge in [-0.3, -0.25) is 14.4 Å². The summed E-state index contributed by atoms with van der Waals surface area (Å²) in [5.41, 5.74) is 0.883. The van der Waals surface area contributed by atoms with Gasteiger partial charge in [-0.05, 0) is 19.1 Å². The largest absolute Gasteiger partial charge is 0.452 e. The Morgan fingerprint density at radius 2 is 2.06 bits per heavy atom. The number of ether oxygens (including phenoxy) is 1. The first-order valence-electron chi connectivity index (χ1n) is 5.68. The van der Waals surface area contributed by atoms with E-state index in [0.717, 1.165) is 0 Å². The van der Waals surface area contributed by atoms with Crippen LogP contribution in [0.2, 0.25) is 0 Å². The number of Topliss-reactive ketones (excluding diaryl/α,β-unsaturated/α-hetero) is 1. The number of carbonyl (C=O) groups is 3. The lowest BCUT2D eigenvalue weighted by Crippen LogP contribution is -2.28. The van der Waals surface area contributed by atoms with Gasteiger partial charge in [-0.25, -0.2) is 0 Å². The number of para-hydroxylation sites is 1. The lowest BCUT2D eigenvalue weighted by molar-refractivity contribution is -0.146. The molecule has 1 atom stereocenters. The molecule has 0 aromatic heterocycles. The molecule has 2 rings (SSSR count). The van der Waals surface area contributed by atoms with Gasteiger partial charge >= 0.3 is 5.97 Å². The first kappa shape index (κ1) is 12.3. The zero-order valence-corrected chi connectivity index (χ0v) is 9.93. The van der Waals surface area contributed by atoms with Crippen LogP contribution in [0.15, 0.2) is 24.3 Å². The topological polar surface area (TPSA) is 72.5 Å². The molecule has 1 heterocycles. The third-order valence-corrected chi connectivity index (χ3v) is 2.74. The van der Waals surface area contributed by atoms with E-state index >= 15 is 0 Å². The Hall–Kier alpha value is -2.17.